The predicted octanol–water partition coefficient (Wildman–Crippen LogP) is 3.56. The number of hydrogen-bond acceptors (Lipinski definition) is 5. The third-order valence-electron chi connectivity index (χ3n) is 4.45. The van der Waals surface area contributed by atoms with Crippen LogP contribution in [0.3, 0.4) is 0 Å². The number of amides is 2. The molecule has 0 heterocycles. The van der Waals surface area contributed by atoms with Gasteiger partial charge in [-0.25, -0.2) is 4.79 Å². The van der Waals surface area contributed by atoms with Gasteiger partial charge in [0.15, 0.2) is 0 Å². The number of carbonyl (C=O) groups is 2. The highest BCUT2D eigenvalue weighted by atomic mass is 16.6. The van der Waals surface area contributed by atoms with E-state index in [-0.39, 0.29) is 11.6 Å². The number of nitrogens with one attached hydrogen (secondary N) is 2. The number of nitrogens with zero attached hydrogens (tertiary/aromatic N) is 1. The van der Waals surface area contributed by atoms with E-state index >= 15 is 0 Å². The van der Waals surface area contributed by atoms with Crippen molar-refractivity contribution in [3.63, 3.8) is 0 Å². The number of alkyl carbamates (subject to hydrolysis) is 1. The van der Waals surface area contributed by atoms with Gasteiger partial charge in [-0.3, -0.25) is 14.9 Å². The highest BCUT2D eigenvalue weighted by Gasteiger charge is 2.35. The molecule has 1 aromatic rings. The average molecular weight is 389 g/mol. The minimum absolute atomic E-state index is 0.000252. The van der Waals surface area contributed by atoms with Crippen LogP contribution in [0.2, 0.25) is 0 Å². The number of carbonyl (C=O) groups excluding carboxylic acids is 2. The molecule has 152 valence electrons. The lowest BCUT2D eigenvalue weighted by Crippen LogP contribution is -2.54. The topological polar surface area (TPSA) is 111 Å². The third kappa shape index (κ3) is 6.68. The van der Waals surface area contributed by atoms with E-state index in [4.69, 9.17) is 4.74 Å². The number of hydrogen-bond donors (Lipinski definition) is 2. The molecule has 28 heavy (non-hydrogen) atoms. The van der Waals surface area contributed by atoms with Crippen molar-refractivity contribution in [3.05, 3.63) is 46.0 Å². The van der Waals surface area contributed by atoms with Gasteiger partial charge in [-0.15, -0.1) is 0 Å². The maximum Gasteiger partial charge on any atom is 0.407 e. The van der Waals surface area contributed by atoms with Crippen LogP contribution in [0.25, 0.3) is 6.08 Å². The van der Waals surface area contributed by atoms with E-state index in [1.807, 2.05) is 0 Å². The molecule has 0 saturated heterocycles. The van der Waals surface area contributed by atoms with Gasteiger partial charge in [-0.05, 0) is 57.4 Å². The second-order valence-corrected chi connectivity index (χ2v) is 8.01. The molecule has 0 radical (unpaired) electrons. The molecule has 2 amide bonds. The predicted molar refractivity (Wildman–Crippen MR) is 106 cm³/mol. The molecule has 2 N–H and O–H groups in total. The van der Waals surface area contributed by atoms with E-state index in [0.717, 1.165) is 25.7 Å². The summed E-state index contributed by atoms with van der Waals surface area (Å²) in [6.07, 6.45) is 6.00. The molecule has 2 rings (SSSR count). The van der Waals surface area contributed by atoms with E-state index in [9.17, 15) is 19.7 Å². The zero-order valence-electron chi connectivity index (χ0n) is 16.5. The van der Waals surface area contributed by atoms with Crippen LogP contribution >= 0.6 is 0 Å². The van der Waals surface area contributed by atoms with Crippen LogP contribution in [-0.4, -0.2) is 34.6 Å². The Labute approximate surface area is 164 Å². The molecule has 0 atom stereocenters. The molecule has 8 heteroatoms. The molecular weight excluding hydrogens is 362 g/mol. The number of benzene rings is 1. The highest BCUT2D eigenvalue weighted by Crippen LogP contribution is 2.29. The van der Waals surface area contributed by atoms with Crippen LogP contribution in [0, 0.1) is 10.1 Å². The van der Waals surface area contributed by atoms with Crippen molar-refractivity contribution in [1.29, 1.82) is 0 Å². The minimum atomic E-state index is -0.580. The Morgan fingerprint density at radius 2 is 1.82 bits per heavy atom. The maximum absolute atomic E-state index is 12.4. The Morgan fingerprint density at radius 3 is 2.36 bits per heavy atom. The molecule has 0 unspecified atom stereocenters. The normalized spacial score (nSPS) is 16.0. The van der Waals surface area contributed by atoms with Crippen LogP contribution in [-0.2, 0) is 9.53 Å². The minimum Gasteiger partial charge on any atom is -0.444 e. The summed E-state index contributed by atoms with van der Waals surface area (Å²) in [5.74, 6) is -0.272. The number of non-ortho nitro benzene ring substituents is 1. The van der Waals surface area contributed by atoms with Crippen molar-refractivity contribution in [2.75, 3.05) is 6.54 Å². The zero-order valence-corrected chi connectivity index (χ0v) is 16.5. The fourth-order valence-corrected chi connectivity index (χ4v) is 3.14. The Bertz CT molecular complexity index is 744. The lowest BCUT2D eigenvalue weighted by molar-refractivity contribution is -0.384. The monoisotopic (exact) mass is 389 g/mol. The standard InChI is InChI=1S/C20H27N3O5/c1-19(2,3)28-18(25)21-14-20(12-4-5-13-20)22-17(24)11-8-15-6-9-16(10-7-15)23(26)27/h6-11H,4-5,12-14H2,1-3H3,(H,21,25)(H,22,24). The van der Waals surface area contributed by atoms with Crippen LogP contribution < -0.4 is 10.6 Å². The van der Waals surface area contributed by atoms with Crippen LogP contribution in [0.5, 0.6) is 0 Å². The van der Waals surface area contributed by atoms with Gasteiger partial charge >= 0.3 is 6.09 Å². The van der Waals surface area contributed by atoms with Crippen molar-refractivity contribution in [1.82, 2.24) is 10.6 Å². The Balaban J connectivity index is 1.94. The SMILES string of the molecule is CC(C)(C)OC(=O)NCC1(NC(=O)C=Cc2ccc([N+](=O)[O-])cc2)CCCC1. The molecule has 0 aliphatic heterocycles. The largest absolute Gasteiger partial charge is 0.444 e. The Kier molecular flexibility index (Phi) is 6.77. The summed E-state index contributed by atoms with van der Waals surface area (Å²) in [5.41, 5.74) is -0.384. The summed E-state index contributed by atoms with van der Waals surface area (Å²) in [7, 11) is 0. The number of ether oxygens (including phenoxy) is 1. The van der Waals surface area contributed by atoms with Crippen LogP contribution in [0.4, 0.5) is 10.5 Å². The van der Waals surface area contributed by atoms with E-state index in [1.165, 1.54) is 18.2 Å². The quantitative estimate of drug-likeness (QED) is 0.439. The first-order valence-electron chi connectivity index (χ1n) is 9.30. The van der Waals surface area contributed by atoms with Crippen molar-refractivity contribution in [2.45, 2.75) is 57.6 Å². The van der Waals surface area contributed by atoms with Gasteiger partial charge in [-0.1, -0.05) is 12.8 Å². The molecule has 1 fully saturated rings. The summed E-state index contributed by atoms with van der Waals surface area (Å²) in [6, 6.07) is 5.94. The maximum atomic E-state index is 12.4. The van der Waals surface area contributed by atoms with Gasteiger partial charge in [0.25, 0.3) is 5.69 Å². The van der Waals surface area contributed by atoms with Crippen LogP contribution in [0.15, 0.2) is 30.3 Å². The first-order valence-corrected chi connectivity index (χ1v) is 9.30. The Hall–Kier alpha value is -2.90. The molecule has 0 spiro atoms. The summed E-state index contributed by atoms with van der Waals surface area (Å²) in [6.45, 7) is 5.69. The number of nitro groups is 1. The molecule has 1 aliphatic carbocycles. The van der Waals surface area contributed by atoms with Gasteiger partial charge in [0.2, 0.25) is 5.91 Å². The zero-order chi connectivity index (χ0) is 20.8. The number of rotatable bonds is 6. The molecule has 8 nitrogen and oxygen atoms in total. The van der Waals surface area contributed by atoms with Crippen molar-refractivity contribution < 1.29 is 19.2 Å². The van der Waals surface area contributed by atoms with E-state index in [2.05, 4.69) is 10.6 Å². The van der Waals surface area contributed by atoms with Gasteiger partial charge in [0.1, 0.15) is 5.60 Å². The van der Waals surface area contributed by atoms with Gasteiger partial charge in [-0.2, -0.15) is 0 Å². The summed E-state index contributed by atoms with van der Waals surface area (Å²) < 4.78 is 5.25. The molecule has 1 aliphatic rings. The highest BCUT2D eigenvalue weighted by molar-refractivity contribution is 5.92. The first-order chi connectivity index (χ1) is 13.1. The molecular formula is C20H27N3O5. The van der Waals surface area contributed by atoms with Gasteiger partial charge in [0, 0.05) is 24.8 Å². The fourth-order valence-electron chi connectivity index (χ4n) is 3.14. The lowest BCUT2D eigenvalue weighted by atomic mass is 9.97. The lowest BCUT2D eigenvalue weighted by Gasteiger charge is -2.30. The third-order valence-corrected chi connectivity index (χ3v) is 4.45. The van der Waals surface area contributed by atoms with E-state index < -0.39 is 22.2 Å². The molecule has 1 aromatic carbocycles. The van der Waals surface area contributed by atoms with Crippen molar-refractivity contribution >= 4 is 23.8 Å². The van der Waals surface area contributed by atoms with Crippen LogP contribution in [0.1, 0.15) is 52.0 Å². The van der Waals surface area contributed by atoms with E-state index in [0.29, 0.717) is 12.1 Å². The Morgan fingerprint density at radius 1 is 1.21 bits per heavy atom. The average Bonchev–Trinajstić information content (AvgIpc) is 3.06. The van der Waals surface area contributed by atoms with Gasteiger partial charge < -0.3 is 15.4 Å². The fraction of sp³-hybridized carbons (Fsp3) is 0.500. The molecule has 1 saturated carbocycles. The second kappa shape index (κ2) is 8.86. The summed E-state index contributed by atoms with van der Waals surface area (Å²) in [5, 5.41) is 16.4. The van der Waals surface area contributed by atoms with Gasteiger partial charge in [0.05, 0.1) is 10.5 Å². The van der Waals surface area contributed by atoms with Crippen molar-refractivity contribution in [3.8, 4) is 0 Å². The molecule has 0 aromatic heterocycles. The second-order valence-electron chi connectivity index (χ2n) is 8.01. The smallest absolute Gasteiger partial charge is 0.407 e. The van der Waals surface area contributed by atoms with E-state index in [1.54, 1.807) is 39.0 Å². The first kappa shape index (κ1) is 21.4. The number of nitro benzene ring substituents is 1. The van der Waals surface area contributed by atoms with Crippen molar-refractivity contribution in [2.24, 2.45) is 0 Å². The summed E-state index contributed by atoms with van der Waals surface area (Å²) in [4.78, 5) is 34.5. The molecule has 0 bridgehead atoms. The summed E-state index contributed by atoms with van der Waals surface area (Å²) >= 11 is 0.